The van der Waals surface area contributed by atoms with Gasteiger partial charge in [-0.25, -0.2) is 4.98 Å². The Hall–Kier alpha value is -1.30. The summed E-state index contributed by atoms with van der Waals surface area (Å²) < 4.78 is 1.82. The van der Waals surface area contributed by atoms with Crippen LogP contribution in [0.2, 0.25) is 5.02 Å². The maximum Gasteiger partial charge on any atom is 0.195 e. The lowest BCUT2D eigenvalue weighted by Gasteiger charge is -2.00. The molecule has 0 fully saturated rings. The van der Waals surface area contributed by atoms with Crippen molar-refractivity contribution in [1.29, 1.82) is 0 Å². The lowest BCUT2D eigenvalue weighted by Crippen LogP contribution is -1.89. The molecule has 0 saturated carbocycles. The molecule has 96 valence electrons. The molecule has 2 heterocycles. The van der Waals surface area contributed by atoms with Crippen molar-refractivity contribution in [3.63, 3.8) is 0 Å². The van der Waals surface area contributed by atoms with Crippen LogP contribution in [0.3, 0.4) is 0 Å². The average Bonchev–Trinajstić information content (AvgIpc) is 2.96. The number of aromatic nitrogens is 2. The van der Waals surface area contributed by atoms with Crippen molar-refractivity contribution in [2.45, 2.75) is 10.8 Å². The number of imidazole rings is 1. The number of halogens is 1. The Morgan fingerprint density at radius 1 is 1.47 bits per heavy atom. The first-order valence-corrected chi connectivity index (χ1v) is 7.80. The Kier molecular flexibility index (Phi) is 3.59. The number of aldehydes is 1. The zero-order valence-electron chi connectivity index (χ0n) is 9.75. The van der Waals surface area contributed by atoms with E-state index in [0.29, 0.717) is 5.69 Å². The summed E-state index contributed by atoms with van der Waals surface area (Å²) in [5.41, 5.74) is 1.73. The van der Waals surface area contributed by atoms with Crippen LogP contribution in [0.5, 0.6) is 0 Å². The highest BCUT2D eigenvalue weighted by atomic mass is 35.5. The molecule has 0 spiro atoms. The molecule has 0 atom stereocenters. The molecular formula is C13H9ClN2OS2. The standard InChI is InChI=1S/C13H9ClN2OS2/c14-10-3-1-2-9(6-10)8-19-12-11(7-17)16-4-5-18-13(16)15-12/h1-7H,8H2. The fourth-order valence-electron chi connectivity index (χ4n) is 1.78. The second-order valence-electron chi connectivity index (χ2n) is 3.89. The number of nitrogens with zero attached hydrogens (tertiary/aromatic N) is 2. The number of hydrogen-bond acceptors (Lipinski definition) is 4. The predicted octanol–water partition coefficient (Wildman–Crippen LogP) is 4.15. The van der Waals surface area contributed by atoms with E-state index < -0.39 is 0 Å². The fraction of sp³-hybridized carbons (Fsp3) is 0.0769. The van der Waals surface area contributed by atoms with Crippen molar-refractivity contribution in [3.05, 3.63) is 52.1 Å². The lowest BCUT2D eigenvalue weighted by atomic mass is 10.2. The Bertz CT molecular complexity index is 735. The summed E-state index contributed by atoms with van der Waals surface area (Å²) in [5.74, 6) is 0.742. The van der Waals surface area contributed by atoms with Crippen LogP contribution in [-0.2, 0) is 5.75 Å². The minimum atomic E-state index is 0.614. The van der Waals surface area contributed by atoms with E-state index in [1.807, 2.05) is 40.2 Å². The Morgan fingerprint density at radius 3 is 3.16 bits per heavy atom. The Morgan fingerprint density at radius 2 is 2.37 bits per heavy atom. The third kappa shape index (κ3) is 2.54. The molecule has 0 saturated heterocycles. The van der Waals surface area contributed by atoms with Gasteiger partial charge in [-0.3, -0.25) is 9.20 Å². The van der Waals surface area contributed by atoms with Crippen molar-refractivity contribution in [2.24, 2.45) is 0 Å². The molecule has 0 amide bonds. The molecule has 1 aromatic carbocycles. The van der Waals surface area contributed by atoms with Crippen LogP contribution in [0.1, 0.15) is 16.1 Å². The molecule has 0 radical (unpaired) electrons. The van der Waals surface area contributed by atoms with Crippen LogP contribution >= 0.6 is 34.7 Å². The normalized spacial score (nSPS) is 11.0. The SMILES string of the molecule is O=Cc1c(SCc2cccc(Cl)c2)nc2sccn12. The van der Waals surface area contributed by atoms with E-state index in [1.54, 1.807) is 11.8 Å². The van der Waals surface area contributed by atoms with E-state index in [0.717, 1.165) is 32.6 Å². The molecule has 0 aliphatic rings. The number of thioether (sulfide) groups is 1. The number of rotatable bonds is 4. The van der Waals surface area contributed by atoms with Crippen molar-refractivity contribution < 1.29 is 4.79 Å². The van der Waals surface area contributed by atoms with Crippen LogP contribution in [-0.4, -0.2) is 15.7 Å². The average molecular weight is 309 g/mol. The molecular weight excluding hydrogens is 300 g/mol. The van der Waals surface area contributed by atoms with Crippen LogP contribution < -0.4 is 0 Å². The summed E-state index contributed by atoms with van der Waals surface area (Å²) in [6.45, 7) is 0. The van der Waals surface area contributed by atoms with Gasteiger partial charge in [0.05, 0.1) is 0 Å². The van der Waals surface area contributed by atoms with Gasteiger partial charge in [-0.15, -0.1) is 11.3 Å². The monoisotopic (exact) mass is 308 g/mol. The topological polar surface area (TPSA) is 34.4 Å². The summed E-state index contributed by atoms with van der Waals surface area (Å²) in [4.78, 5) is 16.5. The summed E-state index contributed by atoms with van der Waals surface area (Å²) in [5, 5.41) is 3.40. The maximum atomic E-state index is 11.2. The van der Waals surface area contributed by atoms with Gasteiger partial charge < -0.3 is 0 Å². The second-order valence-corrected chi connectivity index (χ2v) is 6.17. The smallest absolute Gasteiger partial charge is 0.195 e. The van der Waals surface area contributed by atoms with E-state index in [9.17, 15) is 4.79 Å². The van der Waals surface area contributed by atoms with Gasteiger partial charge in [0.1, 0.15) is 10.7 Å². The highest BCUT2D eigenvalue weighted by Crippen LogP contribution is 2.28. The Labute approximate surface area is 123 Å². The quantitative estimate of drug-likeness (QED) is 0.536. The van der Waals surface area contributed by atoms with Gasteiger partial charge in [-0.1, -0.05) is 35.5 Å². The van der Waals surface area contributed by atoms with Crippen LogP contribution in [0.15, 0.2) is 40.9 Å². The maximum absolute atomic E-state index is 11.2. The van der Waals surface area contributed by atoms with Gasteiger partial charge in [0, 0.05) is 22.4 Å². The van der Waals surface area contributed by atoms with Gasteiger partial charge in [0.25, 0.3) is 0 Å². The van der Waals surface area contributed by atoms with Crippen molar-refractivity contribution in [2.75, 3.05) is 0 Å². The molecule has 0 bridgehead atoms. The molecule has 0 aliphatic carbocycles. The third-order valence-corrected chi connectivity index (χ3v) is 4.68. The highest BCUT2D eigenvalue weighted by Gasteiger charge is 2.12. The third-order valence-electron chi connectivity index (χ3n) is 2.64. The molecule has 19 heavy (non-hydrogen) atoms. The number of thiazole rings is 1. The van der Waals surface area contributed by atoms with Crippen LogP contribution in [0, 0.1) is 0 Å². The minimum Gasteiger partial charge on any atom is -0.296 e. The predicted molar refractivity (Wildman–Crippen MR) is 79.5 cm³/mol. The molecule has 2 aromatic heterocycles. The molecule has 3 nitrogen and oxygen atoms in total. The van der Waals surface area contributed by atoms with Gasteiger partial charge in [0.15, 0.2) is 11.2 Å². The largest absolute Gasteiger partial charge is 0.296 e. The molecule has 3 rings (SSSR count). The first kappa shape index (κ1) is 12.7. The van der Waals surface area contributed by atoms with Gasteiger partial charge >= 0.3 is 0 Å². The molecule has 0 N–H and O–H groups in total. The van der Waals surface area contributed by atoms with Crippen LogP contribution in [0.25, 0.3) is 4.96 Å². The highest BCUT2D eigenvalue weighted by molar-refractivity contribution is 7.98. The zero-order chi connectivity index (χ0) is 13.2. The molecule has 0 aliphatic heterocycles. The number of fused-ring (bicyclic) bond motifs is 1. The van der Waals surface area contributed by atoms with Crippen LogP contribution in [0.4, 0.5) is 0 Å². The number of carbonyl (C=O) groups excluding carboxylic acids is 1. The van der Waals surface area contributed by atoms with E-state index in [1.165, 1.54) is 11.3 Å². The first-order valence-electron chi connectivity index (χ1n) is 5.56. The van der Waals surface area contributed by atoms with E-state index in [-0.39, 0.29) is 0 Å². The minimum absolute atomic E-state index is 0.614. The van der Waals surface area contributed by atoms with Crippen molar-refractivity contribution in [3.8, 4) is 0 Å². The first-order chi connectivity index (χ1) is 9.28. The molecule has 0 unspecified atom stereocenters. The number of carbonyl (C=O) groups is 1. The van der Waals surface area contributed by atoms with E-state index >= 15 is 0 Å². The summed E-state index contributed by atoms with van der Waals surface area (Å²) in [7, 11) is 0. The molecule has 6 heteroatoms. The lowest BCUT2D eigenvalue weighted by molar-refractivity contribution is 0.111. The van der Waals surface area contributed by atoms with Gasteiger partial charge in [-0.05, 0) is 17.7 Å². The van der Waals surface area contributed by atoms with Crippen molar-refractivity contribution >= 4 is 45.9 Å². The number of benzene rings is 1. The van der Waals surface area contributed by atoms with Gasteiger partial charge in [0.2, 0.25) is 0 Å². The summed E-state index contributed by atoms with van der Waals surface area (Å²) in [6, 6.07) is 7.70. The second kappa shape index (κ2) is 5.36. The van der Waals surface area contributed by atoms with Crippen molar-refractivity contribution in [1.82, 2.24) is 9.38 Å². The fourth-order valence-corrected chi connectivity index (χ4v) is 3.70. The number of hydrogen-bond donors (Lipinski definition) is 0. The summed E-state index contributed by atoms with van der Waals surface area (Å²) in [6.07, 6.45) is 2.72. The Balaban J connectivity index is 1.85. The van der Waals surface area contributed by atoms with Gasteiger partial charge in [-0.2, -0.15) is 0 Å². The van der Waals surface area contributed by atoms with E-state index in [4.69, 9.17) is 11.6 Å². The van der Waals surface area contributed by atoms with E-state index in [2.05, 4.69) is 4.98 Å². The molecule has 3 aromatic rings. The summed E-state index contributed by atoms with van der Waals surface area (Å²) >= 11 is 9.02. The zero-order valence-corrected chi connectivity index (χ0v) is 12.1.